The monoisotopic (exact) mass is 287 g/mol. The highest BCUT2D eigenvalue weighted by Gasteiger charge is 2.28. The van der Waals surface area contributed by atoms with Gasteiger partial charge in [0.25, 0.3) is 0 Å². The molecule has 0 saturated heterocycles. The van der Waals surface area contributed by atoms with Crippen molar-refractivity contribution >= 4 is 12.4 Å². The molecule has 2 nitrogen and oxygen atoms in total. The number of benzene rings is 1. The minimum atomic E-state index is -4.31. The molecule has 0 heterocycles. The van der Waals surface area contributed by atoms with Crippen LogP contribution in [0.1, 0.15) is 30.0 Å². The Morgan fingerprint density at radius 2 is 1.89 bits per heavy atom. The molecule has 0 spiro atoms. The number of rotatable bonds is 3. The van der Waals surface area contributed by atoms with Crippen molar-refractivity contribution < 1.29 is 22.7 Å². The zero-order valence-electron chi connectivity index (χ0n) is 9.59. The minimum absolute atomic E-state index is 0. The molecule has 7 heteroatoms. The summed E-state index contributed by atoms with van der Waals surface area (Å²) >= 11 is 0. The molecule has 18 heavy (non-hydrogen) atoms. The Kier molecular flexibility index (Phi) is 5.89. The van der Waals surface area contributed by atoms with Crippen molar-refractivity contribution in [3.63, 3.8) is 0 Å². The second-order valence-corrected chi connectivity index (χ2v) is 3.92. The number of alkyl halides is 3. The van der Waals surface area contributed by atoms with Gasteiger partial charge in [0.05, 0.1) is 0 Å². The molecular formula is C11H14ClF4NO. The SMILES string of the molecule is Cc1cc(F)cc([C@@H](N)CCC(F)(F)F)c1O.Cl. The molecule has 0 aromatic heterocycles. The topological polar surface area (TPSA) is 46.2 Å². The molecule has 0 amide bonds. The molecule has 0 bridgehead atoms. The van der Waals surface area contributed by atoms with E-state index in [1.165, 1.54) is 6.92 Å². The van der Waals surface area contributed by atoms with Gasteiger partial charge < -0.3 is 10.8 Å². The highest BCUT2D eigenvalue weighted by Crippen LogP contribution is 2.32. The quantitative estimate of drug-likeness (QED) is 0.834. The Bertz CT molecular complexity index is 409. The Labute approximate surface area is 108 Å². The smallest absolute Gasteiger partial charge is 0.389 e. The molecular weight excluding hydrogens is 274 g/mol. The van der Waals surface area contributed by atoms with Gasteiger partial charge in [-0.3, -0.25) is 0 Å². The lowest BCUT2D eigenvalue weighted by Gasteiger charge is -2.16. The maximum Gasteiger partial charge on any atom is 0.389 e. The van der Waals surface area contributed by atoms with Crippen molar-refractivity contribution in [2.24, 2.45) is 5.73 Å². The number of aromatic hydroxyl groups is 1. The summed E-state index contributed by atoms with van der Waals surface area (Å²) in [6.07, 6.45) is -5.77. The summed E-state index contributed by atoms with van der Waals surface area (Å²) < 4.78 is 49.0. The fourth-order valence-electron chi connectivity index (χ4n) is 1.52. The van der Waals surface area contributed by atoms with E-state index >= 15 is 0 Å². The van der Waals surface area contributed by atoms with Crippen LogP contribution in [0.15, 0.2) is 12.1 Å². The van der Waals surface area contributed by atoms with Crippen molar-refractivity contribution in [3.8, 4) is 5.75 Å². The molecule has 0 radical (unpaired) electrons. The lowest BCUT2D eigenvalue weighted by atomic mass is 9.99. The number of phenolic OH excluding ortho intramolecular Hbond substituents is 1. The van der Waals surface area contributed by atoms with E-state index in [1.807, 2.05) is 0 Å². The van der Waals surface area contributed by atoms with Crippen LogP contribution in [0.25, 0.3) is 0 Å². The van der Waals surface area contributed by atoms with E-state index in [-0.39, 0.29) is 35.7 Å². The van der Waals surface area contributed by atoms with Crippen molar-refractivity contribution in [1.29, 1.82) is 0 Å². The second-order valence-electron chi connectivity index (χ2n) is 3.92. The van der Waals surface area contributed by atoms with Gasteiger partial charge in [0.2, 0.25) is 0 Å². The van der Waals surface area contributed by atoms with E-state index in [0.717, 1.165) is 12.1 Å². The van der Waals surface area contributed by atoms with Gasteiger partial charge in [0.15, 0.2) is 0 Å². The Morgan fingerprint density at radius 1 is 1.33 bits per heavy atom. The molecule has 1 atom stereocenters. The number of halogens is 5. The molecule has 1 rings (SSSR count). The summed E-state index contributed by atoms with van der Waals surface area (Å²) in [4.78, 5) is 0. The number of nitrogens with two attached hydrogens (primary N) is 1. The predicted molar refractivity (Wildman–Crippen MR) is 62.3 cm³/mol. The number of hydrogen-bond acceptors (Lipinski definition) is 2. The zero-order valence-corrected chi connectivity index (χ0v) is 10.4. The van der Waals surface area contributed by atoms with Crippen LogP contribution in [-0.2, 0) is 0 Å². The second kappa shape index (κ2) is 6.24. The first-order valence-electron chi connectivity index (χ1n) is 5.02. The predicted octanol–water partition coefficient (Wildman–Crippen LogP) is 3.60. The van der Waals surface area contributed by atoms with Crippen LogP contribution in [0.5, 0.6) is 5.75 Å². The van der Waals surface area contributed by atoms with Crippen LogP contribution >= 0.6 is 12.4 Å². The first-order chi connectivity index (χ1) is 7.70. The van der Waals surface area contributed by atoms with Gasteiger partial charge >= 0.3 is 6.18 Å². The van der Waals surface area contributed by atoms with E-state index in [1.54, 1.807) is 0 Å². The van der Waals surface area contributed by atoms with Gasteiger partial charge in [-0.05, 0) is 31.0 Å². The summed E-state index contributed by atoms with van der Waals surface area (Å²) in [5.41, 5.74) is 5.77. The maximum absolute atomic E-state index is 13.1. The fourth-order valence-corrected chi connectivity index (χ4v) is 1.52. The number of phenols is 1. The molecule has 0 aliphatic heterocycles. The largest absolute Gasteiger partial charge is 0.507 e. The van der Waals surface area contributed by atoms with Crippen LogP contribution in [-0.4, -0.2) is 11.3 Å². The highest BCUT2D eigenvalue weighted by molar-refractivity contribution is 5.85. The van der Waals surface area contributed by atoms with E-state index < -0.39 is 24.5 Å². The summed E-state index contributed by atoms with van der Waals surface area (Å²) in [6, 6.07) is 1.02. The van der Waals surface area contributed by atoms with Gasteiger partial charge in [0, 0.05) is 18.0 Å². The Balaban J connectivity index is 0.00000289. The third kappa shape index (κ3) is 4.70. The van der Waals surface area contributed by atoms with Crippen LogP contribution in [0.2, 0.25) is 0 Å². The lowest BCUT2D eigenvalue weighted by Crippen LogP contribution is -2.16. The van der Waals surface area contributed by atoms with Crippen molar-refractivity contribution in [2.45, 2.75) is 32.0 Å². The van der Waals surface area contributed by atoms with Crippen LogP contribution in [0, 0.1) is 12.7 Å². The van der Waals surface area contributed by atoms with Crippen molar-refractivity contribution in [2.75, 3.05) is 0 Å². The van der Waals surface area contributed by atoms with Gasteiger partial charge in [-0.25, -0.2) is 4.39 Å². The molecule has 0 unspecified atom stereocenters. The molecule has 1 aromatic rings. The van der Waals surface area contributed by atoms with Crippen molar-refractivity contribution in [3.05, 3.63) is 29.1 Å². The van der Waals surface area contributed by atoms with Gasteiger partial charge in [-0.15, -0.1) is 12.4 Å². The summed E-state index contributed by atoms with van der Waals surface area (Å²) in [7, 11) is 0. The molecule has 0 saturated carbocycles. The van der Waals surface area contributed by atoms with Crippen LogP contribution in [0.3, 0.4) is 0 Å². The standard InChI is InChI=1S/C11H13F4NO.ClH/c1-6-4-7(12)5-8(10(6)17)9(16)2-3-11(13,14)15;/h4-5,9,17H,2-3,16H2,1H3;1H/t9-;/m0./s1. The molecule has 0 aliphatic rings. The van der Waals surface area contributed by atoms with Gasteiger partial charge in [-0.1, -0.05) is 0 Å². The minimum Gasteiger partial charge on any atom is -0.507 e. The summed E-state index contributed by atoms with van der Waals surface area (Å²) in [6.45, 7) is 1.46. The third-order valence-electron chi connectivity index (χ3n) is 2.43. The maximum atomic E-state index is 13.1. The fraction of sp³-hybridized carbons (Fsp3) is 0.455. The van der Waals surface area contributed by atoms with E-state index in [2.05, 4.69) is 0 Å². The van der Waals surface area contributed by atoms with E-state index in [4.69, 9.17) is 5.73 Å². The number of hydrogen-bond donors (Lipinski definition) is 2. The van der Waals surface area contributed by atoms with E-state index in [0.29, 0.717) is 0 Å². The first kappa shape index (κ1) is 17.0. The molecule has 1 aromatic carbocycles. The Hall–Kier alpha value is -1.01. The molecule has 104 valence electrons. The van der Waals surface area contributed by atoms with E-state index in [9.17, 15) is 22.7 Å². The van der Waals surface area contributed by atoms with Gasteiger partial charge in [-0.2, -0.15) is 13.2 Å². The first-order valence-corrected chi connectivity index (χ1v) is 5.02. The van der Waals surface area contributed by atoms with Gasteiger partial charge in [0.1, 0.15) is 11.6 Å². The third-order valence-corrected chi connectivity index (χ3v) is 2.43. The molecule has 3 N–H and O–H groups in total. The highest BCUT2D eigenvalue weighted by atomic mass is 35.5. The average molecular weight is 288 g/mol. The molecule has 0 fully saturated rings. The Morgan fingerprint density at radius 3 is 2.39 bits per heavy atom. The molecule has 0 aliphatic carbocycles. The summed E-state index contributed by atoms with van der Waals surface area (Å²) in [5, 5.41) is 9.59. The zero-order chi connectivity index (χ0) is 13.2. The number of aryl methyl sites for hydroxylation is 1. The lowest BCUT2D eigenvalue weighted by molar-refractivity contribution is -0.136. The van der Waals surface area contributed by atoms with Crippen LogP contribution < -0.4 is 5.73 Å². The average Bonchev–Trinajstić information content (AvgIpc) is 2.19. The normalized spacial score (nSPS) is 13.0. The van der Waals surface area contributed by atoms with Crippen LogP contribution in [0.4, 0.5) is 17.6 Å². The summed E-state index contributed by atoms with van der Waals surface area (Å²) in [5.74, 6) is -0.876. The van der Waals surface area contributed by atoms with Crippen molar-refractivity contribution in [1.82, 2.24) is 0 Å².